The molecule has 1 heterocycles. The van der Waals surface area contributed by atoms with Gasteiger partial charge in [-0.25, -0.2) is 9.78 Å². The summed E-state index contributed by atoms with van der Waals surface area (Å²) in [6.45, 7) is 3.01. The minimum absolute atomic E-state index is 0.133. The van der Waals surface area contributed by atoms with Crippen molar-refractivity contribution < 1.29 is 14.3 Å². The monoisotopic (exact) mass is 439 g/mol. The molecule has 0 spiro atoms. The van der Waals surface area contributed by atoms with Gasteiger partial charge in [0, 0.05) is 13.1 Å². The number of aromatic nitrogens is 2. The summed E-state index contributed by atoms with van der Waals surface area (Å²) in [6.07, 6.45) is 1.74. The summed E-state index contributed by atoms with van der Waals surface area (Å²) in [5.74, 6) is -0.505. The Hall–Kier alpha value is -3.13. The Morgan fingerprint density at radius 3 is 2.65 bits per heavy atom. The molecule has 1 amide bonds. The molecule has 1 N–H and O–H groups in total. The van der Waals surface area contributed by atoms with E-state index >= 15 is 0 Å². The zero-order valence-corrected chi connectivity index (χ0v) is 18.4. The van der Waals surface area contributed by atoms with Gasteiger partial charge in [-0.1, -0.05) is 55.4 Å². The molecule has 0 aliphatic carbocycles. The van der Waals surface area contributed by atoms with Gasteiger partial charge in [-0.05, 0) is 30.2 Å². The molecular weight excluding hydrogens is 414 g/mol. The number of hydrogen-bond donors (Lipinski definition) is 1. The minimum atomic E-state index is -0.492. The van der Waals surface area contributed by atoms with Crippen molar-refractivity contribution in [1.82, 2.24) is 14.9 Å². The van der Waals surface area contributed by atoms with Gasteiger partial charge in [-0.2, -0.15) is 0 Å². The third kappa shape index (κ3) is 5.73. The Morgan fingerprint density at radius 1 is 1.16 bits per heavy atom. The molecule has 2 aromatic carbocycles. The van der Waals surface area contributed by atoms with E-state index in [1.165, 1.54) is 18.9 Å². The van der Waals surface area contributed by atoms with Crippen LogP contribution in [0.2, 0.25) is 0 Å². The maximum atomic E-state index is 13.1. The van der Waals surface area contributed by atoms with Gasteiger partial charge in [0.25, 0.3) is 5.56 Å². The second kappa shape index (κ2) is 10.8. The highest BCUT2D eigenvalue weighted by Gasteiger charge is 2.15. The summed E-state index contributed by atoms with van der Waals surface area (Å²) in [5.41, 5.74) is 1.57. The molecule has 0 saturated carbocycles. The Balaban J connectivity index is 1.82. The van der Waals surface area contributed by atoms with E-state index in [2.05, 4.69) is 10.3 Å². The Bertz CT molecular complexity index is 1130. The molecule has 0 unspecified atom stereocenters. The molecule has 1 aromatic heterocycles. The molecule has 7 nitrogen and oxygen atoms in total. The van der Waals surface area contributed by atoms with Gasteiger partial charge < -0.3 is 10.1 Å². The number of methoxy groups -OCH3 is 1. The lowest BCUT2D eigenvalue weighted by Gasteiger charge is -2.13. The maximum absolute atomic E-state index is 13.1. The zero-order chi connectivity index (χ0) is 22.2. The van der Waals surface area contributed by atoms with Crippen LogP contribution in [-0.2, 0) is 22.6 Å². The number of nitrogens with one attached hydrogen (secondary N) is 1. The van der Waals surface area contributed by atoms with Gasteiger partial charge in [0.2, 0.25) is 5.91 Å². The van der Waals surface area contributed by atoms with Crippen LogP contribution in [0, 0.1) is 0 Å². The summed E-state index contributed by atoms with van der Waals surface area (Å²) >= 11 is 1.21. The van der Waals surface area contributed by atoms with E-state index in [1.807, 2.05) is 37.3 Å². The highest BCUT2D eigenvalue weighted by molar-refractivity contribution is 7.99. The predicted octanol–water partition coefficient (Wildman–Crippen LogP) is 3.39. The summed E-state index contributed by atoms with van der Waals surface area (Å²) in [4.78, 5) is 41.8. The molecule has 0 aliphatic heterocycles. The third-order valence-electron chi connectivity index (χ3n) is 4.74. The molecule has 31 heavy (non-hydrogen) atoms. The number of esters is 1. The van der Waals surface area contributed by atoms with Crippen LogP contribution in [0.15, 0.2) is 58.5 Å². The largest absolute Gasteiger partial charge is 0.465 e. The summed E-state index contributed by atoms with van der Waals surface area (Å²) in [5, 5.41) is 3.77. The number of amides is 1. The van der Waals surface area contributed by atoms with E-state index in [0.717, 1.165) is 18.4 Å². The van der Waals surface area contributed by atoms with Gasteiger partial charge in [0.1, 0.15) is 0 Å². The smallest absolute Gasteiger partial charge is 0.337 e. The standard InChI is InChI=1S/C23H25N3O4S/c1-3-4-12-26-21(28)18-11-10-17(22(29)30-2)13-19(18)25-23(26)31-15-20(27)24-14-16-8-6-5-7-9-16/h5-11,13H,3-4,12,14-15H2,1-2H3,(H,24,27). The Kier molecular flexibility index (Phi) is 7.83. The summed E-state index contributed by atoms with van der Waals surface area (Å²) in [6, 6.07) is 14.4. The molecule has 0 fully saturated rings. The second-order valence-electron chi connectivity index (χ2n) is 6.98. The van der Waals surface area contributed by atoms with Crippen LogP contribution >= 0.6 is 11.8 Å². The highest BCUT2D eigenvalue weighted by Crippen LogP contribution is 2.20. The van der Waals surface area contributed by atoms with Gasteiger partial charge in [-0.3, -0.25) is 14.2 Å². The third-order valence-corrected chi connectivity index (χ3v) is 5.72. The molecule has 0 saturated heterocycles. The van der Waals surface area contributed by atoms with Crippen LogP contribution in [-0.4, -0.2) is 34.3 Å². The highest BCUT2D eigenvalue weighted by atomic mass is 32.2. The molecule has 0 radical (unpaired) electrons. The summed E-state index contributed by atoms with van der Waals surface area (Å²) in [7, 11) is 1.30. The van der Waals surface area contributed by atoms with Crippen molar-refractivity contribution in [2.24, 2.45) is 0 Å². The number of hydrogen-bond acceptors (Lipinski definition) is 6. The number of nitrogens with zero attached hydrogens (tertiary/aromatic N) is 2. The van der Waals surface area contributed by atoms with Crippen LogP contribution in [0.1, 0.15) is 35.7 Å². The maximum Gasteiger partial charge on any atom is 0.337 e. The van der Waals surface area contributed by atoms with Gasteiger partial charge in [0.15, 0.2) is 5.16 Å². The number of unbranched alkanes of at least 4 members (excludes halogenated alkanes) is 1. The van der Waals surface area contributed by atoms with Crippen LogP contribution in [0.5, 0.6) is 0 Å². The molecule has 3 aromatic rings. The van der Waals surface area contributed by atoms with E-state index < -0.39 is 5.97 Å². The number of carbonyl (C=O) groups excluding carboxylic acids is 2. The van der Waals surface area contributed by atoms with Crippen molar-refractivity contribution >= 4 is 34.5 Å². The van der Waals surface area contributed by atoms with E-state index in [1.54, 1.807) is 22.8 Å². The first-order chi connectivity index (χ1) is 15.0. The molecule has 0 atom stereocenters. The average molecular weight is 440 g/mol. The quantitative estimate of drug-likeness (QED) is 0.312. The molecule has 0 bridgehead atoms. The van der Waals surface area contributed by atoms with Crippen molar-refractivity contribution in [1.29, 1.82) is 0 Å². The second-order valence-corrected chi connectivity index (χ2v) is 7.92. The van der Waals surface area contributed by atoms with Gasteiger partial charge in [0.05, 0.1) is 29.3 Å². The Labute approximate surface area is 184 Å². The van der Waals surface area contributed by atoms with E-state index in [0.29, 0.717) is 34.7 Å². The predicted molar refractivity (Wildman–Crippen MR) is 121 cm³/mol. The molecular formula is C23H25N3O4S. The first-order valence-corrected chi connectivity index (χ1v) is 11.1. The van der Waals surface area contributed by atoms with Crippen LogP contribution in [0.25, 0.3) is 10.9 Å². The molecule has 162 valence electrons. The lowest BCUT2D eigenvalue weighted by Crippen LogP contribution is -2.27. The van der Waals surface area contributed by atoms with Gasteiger partial charge in [-0.15, -0.1) is 0 Å². The number of fused-ring (bicyclic) bond motifs is 1. The number of rotatable bonds is 9. The van der Waals surface area contributed by atoms with E-state index in [4.69, 9.17) is 4.74 Å². The molecule has 8 heteroatoms. The number of thioether (sulfide) groups is 1. The SMILES string of the molecule is CCCCn1c(SCC(=O)NCc2ccccc2)nc2cc(C(=O)OC)ccc2c1=O. The first kappa shape index (κ1) is 22.6. The van der Waals surface area contributed by atoms with Crippen LogP contribution in [0.3, 0.4) is 0 Å². The number of benzene rings is 2. The van der Waals surface area contributed by atoms with Crippen LogP contribution < -0.4 is 10.9 Å². The van der Waals surface area contributed by atoms with Crippen molar-refractivity contribution in [2.45, 2.75) is 38.0 Å². The van der Waals surface area contributed by atoms with Crippen molar-refractivity contribution in [3.8, 4) is 0 Å². The topological polar surface area (TPSA) is 90.3 Å². The van der Waals surface area contributed by atoms with Crippen molar-refractivity contribution in [3.05, 3.63) is 70.0 Å². The molecule has 3 rings (SSSR count). The van der Waals surface area contributed by atoms with Crippen molar-refractivity contribution in [3.63, 3.8) is 0 Å². The Morgan fingerprint density at radius 2 is 1.94 bits per heavy atom. The average Bonchev–Trinajstić information content (AvgIpc) is 2.80. The fourth-order valence-corrected chi connectivity index (χ4v) is 3.90. The lowest BCUT2D eigenvalue weighted by molar-refractivity contribution is -0.118. The van der Waals surface area contributed by atoms with E-state index in [-0.39, 0.29) is 17.2 Å². The zero-order valence-electron chi connectivity index (χ0n) is 17.6. The number of ether oxygens (including phenoxy) is 1. The molecule has 0 aliphatic rings. The first-order valence-electron chi connectivity index (χ1n) is 10.1. The fraction of sp³-hybridized carbons (Fsp3) is 0.304. The van der Waals surface area contributed by atoms with Gasteiger partial charge >= 0.3 is 5.97 Å². The minimum Gasteiger partial charge on any atom is -0.465 e. The summed E-state index contributed by atoms with van der Waals surface area (Å²) < 4.78 is 6.37. The fourth-order valence-electron chi connectivity index (χ4n) is 3.05. The van der Waals surface area contributed by atoms with E-state index in [9.17, 15) is 14.4 Å². The number of carbonyl (C=O) groups is 2. The lowest BCUT2D eigenvalue weighted by atomic mass is 10.1. The normalized spacial score (nSPS) is 10.8. The van der Waals surface area contributed by atoms with Crippen LogP contribution in [0.4, 0.5) is 0 Å². The van der Waals surface area contributed by atoms with Crippen molar-refractivity contribution in [2.75, 3.05) is 12.9 Å².